The van der Waals surface area contributed by atoms with Crippen molar-refractivity contribution >= 4 is 0 Å². The maximum Gasteiger partial charge on any atom is 0 e. The molecule has 0 radical (unpaired) electrons. The molecule has 0 aliphatic heterocycles. The van der Waals surface area contributed by atoms with Gasteiger partial charge in [0, 0.05) is 20.4 Å². The molecular formula is C7H7Pd-. The van der Waals surface area contributed by atoms with Crippen LogP contribution in [0, 0.1) is 11.8 Å². The number of hydrogen-bond acceptors (Lipinski definition) is 0. The summed E-state index contributed by atoms with van der Waals surface area (Å²) in [6.07, 6.45) is 10.2. The van der Waals surface area contributed by atoms with Crippen molar-refractivity contribution in [2.75, 3.05) is 0 Å². The largest absolute Gasteiger partial charge is 0.184 e. The van der Waals surface area contributed by atoms with Gasteiger partial charge in [-0.25, -0.2) is 0 Å². The first-order valence-electron chi connectivity index (χ1n) is 2.67. The van der Waals surface area contributed by atoms with Crippen molar-refractivity contribution in [3.05, 3.63) is 30.2 Å². The Labute approximate surface area is 63.3 Å². The van der Waals surface area contributed by atoms with Crippen molar-refractivity contribution in [2.45, 2.75) is 6.42 Å². The topological polar surface area (TPSA) is 0 Å². The second-order valence-corrected chi connectivity index (χ2v) is 2.16. The van der Waals surface area contributed by atoms with E-state index in [-0.39, 0.29) is 20.4 Å². The minimum atomic E-state index is 0. The Morgan fingerprint density at radius 1 is 1.25 bits per heavy atom. The predicted molar refractivity (Wildman–Crippen MR) is 29.6 cm³/mol. The molecule has 0 fully saturated rings. The molecule has 0 spiro atoms. The molecule has 0 aromatic carbocycles. The molecule has 0 aromatic heterocycles. The van der Waals surface area contributed by atoms with Gasteiger partial charge in [-0.2, -0.15) is 30.2 Å². The molecule has 0 atom stereocenters. The van der Waals surface area contributed by atoms with Crippen molar-refractivity contribution in [1.82, 2.24) is 0 Å². The van der Waals surface area contributed by atoms with E-state index in [2.05, 4.69) is 24.3 Å². The average Bonchev–Trinajstić information content (AvgIpc) is 2.22. The van der Waals surface area contributed by atoms with Crippen LogP contribution in [-0.4, -0.2) is 0 Å². The molecule has 2 rings (SSSR count). The maximum absolute atomic E-state index is 2.26. The van der Waals surface area contributed by atoms with E-state index in [9.17, 15) is 0 Å². The Morgan fingerprint density at radius 2 is 1.88 bits per heavy atom. The van der Waals surface area contributed by atoms with E-state index in [0.717, 1.165) is 5.92 Å². The van der Waals surface area contributed by atoms with E-state index in [0.29, 0.717) is 0 Å². The van der Waals surface area contributed by atoms with Gasteiger partial charge in [-0.3, -0.25) is 0 Å². The van der Waals surface area contributed by atoms with Crippen molar-refractivity contribution in [3.63, 3.8) is 0 Å². The maximum atomic E-state index is 2.26. The van der Waals surface area contributed by atoms with Crippen LogP contribution in [0.15, 0.2) is 24.3 Å². The molecule has 2 aliphatic carbocycles. The SMILES string of the molecule is C1=CC2C=C[C-]1C2.[Pd]. The van der Waals surface area contributed by atoms with E-state index < -0.39 is 0 Å². The molecule has 0 nitrogen and oxygen atoms in total. The molecule has 0 saturated heterocycles. The van der Waals surface area contributed by atoms with E-state index in [4.69, 9.17) is 0 Å². The Balaban J connectivity index is 0.000000320. The van der Waals surface area contributed by atoms with Crippen LogP contribution in [-0.2, 0) is 20.4 Å². The van der Waals surface area contributed by atoms with Gasteiger partial charge in [0.2, 0.25) is 0 Å². The van der Waals surface area contributed by atoms with Gasteiger partial charge in [-0.1, -0.05) is 6.42 Å². The fourth-order valence-corrected chi connectivity index (χ4v) is 1.16. The van der Waals surface area contributed by atoms with Gasteiger partial charge >= 0.3 is 0 Å². The van der Waals surface area contributed by atoms with Gasteiger partial charge in [0.15, 0.2) is 0 Å². The molecule has 2 bridgehead atoms. The van der Waals surface area contributed by atoms with Gasteiger partial charge in [0.1, 0.15) is 0 Å². The van der Waals surface area contributed by atoms with Crippen LogP contribution in [0.3, 0.4) is 0 Å². The first-order chi connectivity index (χ1) is 3.45. The normalized spacial score (nSPS) is 22.2. The second kappa shape index (κ2) is 2.09. The van der Waals surface area contributed by atoms with E-state index in [1.54, 1.807) is 0 Å². The Morgan fingerprint density at radius 3 is 2.00 bits per heavy atom. The molecule has 8 heavy (non-hydrogen) atoms. The molecule has 0 N–H and O–H groups in total. The van der Waals surface area contributed by atoms with Crippen LogP contribution in [0.25, 0.3) is 0 Å². The van der Waals surface area contributed by atoms with Crippen molar-refractivity contribution in [3.8, 4) is 0 Å². The third-order valence-corrected chi connectivity index (χ3v) is 1.59. The quantitative estimate of drug-likeness (QED) is 0.410. The van der Waals surface area contributed by atoms with Crippen LogP contribution < -0.4 is 0 Å². The number of allylic oxidation sites excluding steroid dienone is 4. The Bertz CT molecular complexity index is 107. The molecule has 1 heteroatoms. The molecule has 46 valence electrons. The third kappa shape index (κ3) is 0.769. The summed E-state index contributed by atoms with van der Waals surface area (Å²) < 4.78 is 0. The predicted octanol–water partition coefficient (Wildman–Crippen LogP) is 1.70. The number of fused-ring (bicyclic) bond motifs is 2. The summed E-state index contributed by atoms with van der Waals surface area (Å²) in [5.41, 5.74) is 0. The molecule has 0 aromatic rings. The van der Waals surface area contributed by atoms with Gasteiger partial charge in [0.25, 0.3) is 0 Å². The first-order valence-corrected chi connectivity index (χ1v) is 2.67. The van der Waals surface area contributed by atoms with Crippen LogP contribution in [0.2, 0.25) is 0 Å². The number of rotatable bonds is 0. The van der Waals surface area contributed by atoms with Gasteiger partial charge in [-0.05, 0) is 0 Å². The zero-order valence-corrected chi connectivity index (χ0v) is 5.96. The summed E-state index contributed by atoms with van der Waals surface area (Å²) >= 11 is 0. The summed E-state index contributed by atoms with van der Waals surface area (Å²) in [6.45, 7) is 0. The van der Waals surface area contributed by atoms with Gasteiger partial charge < -0.3 is 0 Å². The van der Waals surface area contributed by atoms with Crippen molar-refractivity contribution in [1.29, 1.82) is 0 Å². The molecule has 0 heterocycles. The van der Waals surface area contributed by atoms with Crippen molar-refractivity contribution < 1.29 is 20.4 Å². The van der Waals surface area contributed by atoms with Gasteiger partial charge in [-0.15, -0.1) is 5.92 Å². The minimum Gasteiger partial charge on any atom is -0.184 e. The zero-order chi connectivity index (χ0) is 4.69. The third-order valence-electron chi connectivity index (χ3n) is 1.59. The fourth-order valence-electron chi connectivity index (χ4n) is 1.16. The zero-order valence-electron chi connectivity index (χ0n) is 4.41. The minimum absolute atomic E-state index is 0. The van der Waals surface area contributed by atoms with Crippen LogP contribution >= 0.6 is 0 Å². The van der Waals surface area contributed by atoms with Crippen LogP contribution in [0.4, 0.5) is 0 Å². The molecule has 0 amide bonds. The molecular weight excluding hydrogens is 190 g/mol. The molecule has 0 unspecified atom stereocenters. The fraction of sp³-hybridized carbons (Fsp3) is 0.286. The number of hydrogen-bond donors (Lipinski definition) is 0. The molecule has 0 saturated carbocycles. The summed E-state index contributed by atoms with van der Waals surface area (Å²) in [5.74, 6) is 2.28. The van der Waals surface area contributed by atoms with Gasteiger partial charge in [0.05, 0.1) is 0 Å². The van der Waals surface area contributed by atoms with Crippen LogP contribution in [0.5, 0.6) is 0 Å². The summed E-state index contributed by atoms with van der Waals surface area (Å²) in [5, 5.41) is 0. The van der Waals surface area contributed by atoms with E-state index in [1.165, 1.54) is 12.3 Å². The average molecular weight is 198 g/mol. The molecule has 2 aliphatic rings. The Kier molecular flexibility index (Phi) is 1.60. The smallest absolute Gasteiger partial charge is 0 e. The summed E-state index contributed by atoms with van der Waals surface area (Å²) in [6, 6.07) is 0. The Hall–Kier alpha value is 0.0123. The summed E-state index contributed by atoms with van der Waals surface area (Å²) in [4.78, 5) is 0. The standard InChI is InChI=1S/C7H7.Pd/c1-2-7-4-3-6(1)5-7;/h1-4,6H,5H2;/q-1;. The van der Waals surface area contributed by atoms with Crippen LogP contribution in [0.1, 0.15) is 6.42 Å². The van der Waals surface area contributed by atoms with Crippen molar-refractivity contribution in [2.24, 2.45) is 5.92 Å². The van der Waals surface area contributed by atoms with E-state index >= 15 is 0 Å². The second-order valence-electron chi connectivity index (χ2n) is 2.16. The van der Waals surface area contributed by atoms with E-state index in [1.807, 2.05) is 0 Å². The monoisotopic (exact) mass is 197 g/mol. The first kappa shape index (κ1) is 6.14. The summed E-state index contributed by atoms with van der Waals surface area (Å²) in [7, 11) is 0.